The molecule has 0 bridgehead atoms. The molecule has 13 heavy (non-hydrogen) atoms. The summed E-state index contributed by atoms with van der Waals surface area (Å²) in [7, 11) is 1.92. The van der Waals surface area contributed by atoms with Crippen molar-refractivity contribution in [1.82, 2.24) is 10.2 Å². The van der Waals surface area contributed by atoms with Crippen LogP contribution in [0.5, 0.6) is 0 Å². The van der Waals surface area contributed by atoms with Crippen LogP contribution in [0.25, 0.3) is 0 Å². The van der Waals surface area contributed by atoms with Crippen LogP contribution in [-0.4, -0.2) is 37.7 Å². The summed E-state index contributed by atoms with van der Waals surface area (Å²) in [5.41, 5.74) is 0. The van der Waals surface area contributed by atoms with E-state index in [0.29, 0.717) is 5.92 Å². The summed E-state index contributed by atoms with van der Waals surface area (Å²) >= 11 is 0. The van der Waals surface area contributed by atoms with Gasteiger partial charge in [0, 0.05) is 13.1 Å². The Kier molecular flexibility index (Phi) is 3.98. The number of hydrogen-bond donors (Lipinski definition) is 2. The Labute approximate surface area is 78.2 Å². The van der Waals surface area contributed by atoms with Crippen LogP contribution >= 0.6 is 0 Å². The van der Waals surface area contributed by atoms with Crippen molar-refractivity contribution in [3.05, 3.63) is 0 Å². The van der Waals surface area contributed by atoms with E-state index in [9.17, 15) is 4.79 Å². The first kappa shape index (κ1) is 10.3. The minimum absolute atomic E-state index is 0.416. The highest BCUT2D eigenvalue weighted by Crippen LogP contribution is 2.15. The van der Waals surface area contributed by atoms with Gasteiger partial charge in [-0.15, -0.1) is 0 Å². The van der Waals surface area contributed by atoms with E-state index >= 15 is 0 Å². The lowest BCUT2D eigenvalue weighted by Crippen LogP contribution is -2.43. The van der Waals surface area contributed by atoms with E-state index in [1.54, 1.807) is 4.90 Å². The first-order valence-electron chi connectivity index (χ1n) is 4.58. The van der Waals surface area contributed by atoms with Crippen LogP contribution in [0.3, 0.4) is 0 Å². The number of nitrogens with two attached hydrogens (primary N) is 1. The normalized spacial score (nSPS) is 22.9. The molecule has 5 nitrogen and oxygen atoms in total. The number of piperidine rings is 1. The monoisotopic (exact) mass is 187 g/mol. The first-order valence-corrected chi connectivity index (χ1v) is 4.58. The maximum absolute atomic E-state index is 11.1. The maximum Gasteiger partial charge on any atom is 0.428 e. The molecule has 0 aliphatic carbocycles. The summed E-state index contributed by atoms with van der Waals surface area (Å²) in [5, 5.41) is 3.10. The van der Waals surface area contributed by atoms with Crippen LogP contribution < -0.4 is 11.2 Å². The average Bonchev–Trinajstić information content (AvgIpc) is 2.18. The van der Waals surface area contributed by atoms with Crippen molar-refractivity contribution >= 4 is 6.09 Å². The number of amides is 1. The van der Waals surface area contributed by atoms with Gasteiger partial charge in [0.2, 0.25) is 0 Å². The highest BCUT2D eigenvalue weighted by Gasteiger charge is 2.23. The largest absolute Gasteiger partial charge is 0.428 e. The Morgan fingerprint density at radius 1 is 1.77 bits per heavy atom. The van der Waals surface area contributed by atoms with E-state index in [1.165, 1.54) is 0 Å². The molecule has 1 saturated heterocycles. The van der Waals surface area contributed by atoms with E-state index in [1.807, 2.05) is 7.05 Å². The van der Waals surface area contributed by atoms with Crippen molar-refractivity contribution in [2.45, 2.75) is 12.8 Å². The van der Waals surface area contributed by atoms with Gasteiger partial charge in [-0.25, -0.2) is 4.79 Å². The van der Waals surface area contributed by atoms with E-state index in [0.717, 1.165) is 32.5 Å². The third-order valence-electron chi connectivity index (χ3n) is 2.37. The highest BCUT2D eigenvalue weighted by molar-refractivity contribution is 5.67. The molecule has 1 aliphatic heterocycles. The maximum atomic E-state index is 11.1. The van der Waals surface area contributed by atoms with Gasteiger partial charge < -0.3 is 15.1 Å². The summed E-state index contributed by atoms with van der Waals surface area (Å²) in [6.07, 6.45) is 1.78. The minimum Gasteiger partial charge on any atom is -0.357 e. The Balaban J connectivity index is 2.37. The van der Waals surface area contributed by atoms with Crippen LogP contribution in [0.1, 0.15) is 12.8 Å². The molecule has 3 N–H and O–H groups in total. The van der Waals surface area contributed by atoms with Crippen molar-refractivity contribution in [2.24, 2.45) is 11.8 Å². The molecule has 76 valence electrons. The number of rotatable bonds is 2. The predicted octanol–water partition coefficient (Wildman–Crippen LogP) is -0.0719. The molecular formula is C8H17N3O2. The molecule has 0 radical (unpaired) electrons. The van der Waals surface area contributed by atoms with Gasteiger partial charge in [-0.2, -0.15) is 5.90 Å². The number of hydrogen-bond acceptors (Lipinski definition) is 4. The second-order valence-corrected chi connectivity index (χ2v) is 3.40. The van der Waals surface area contributed by atoms with E-state index in [2.05, 4.69) is 10.2 Å². The SMILES string of the molecule is CNCC1CCCN(C(=O)ON)C1. The molecule has 1 amide bonds. The topological polar surface area (TPSA) is 67.6 Å². The van der Waals surface area contributed by atoms with Crippen LogP contribution in [-0.2, 0) is 4.84 Å². The van der Waals surface area contributed by atoms with Crippen molar-refractivity contribution in [2.75, 3.05) is 26.7 Å². The van der Waals surface area contributed by atoms with Gasteiger partial charge in [-0.1, -0.05) is 0 Å². The molecule has 0 aromatic rings. The zero-order chi connectivity index (χ0) is 9.68. The third-order valence-corrected chi connectivity index (χ3v) is 2.37. The van der Waals surface area contributed by atoms with Crippen LogP contribution in [0.4, 0.5) is 4.79 Å². The van der Waals surface area contributed by atoms with Gasteiger partial charge in [0.05, 0.1) is 0 Å². The zero-order valence-electron chi connectivity index (χ0n) is 7.95. The molecule has 1 unspecified atom stereocenters. The molecule has 1 atom stereocenters. The van der Waals surface area contributed by atoms with Crippen molar-refractivity contribution in [3.8, 4) is 0 Å². The van der Waals surface area contributed by atoms with Gasteiger partial charge in [0.15, 0.2) is 0 Å². The molecule has 0 aromatic heterocycles. The number of nitrogens with one attached hydrogen (secondary N) is 1. The lowest BCUT2D eigenvalue weighted by molar-refractivity contribution is 0.0848. The fraction of sp³-hybridized carbons (Fsp3) is 0.875. The fourth-order valence-electron chi connectivity index (χ4n) is 1.76. The molecule has 1 rings (SSSR count). The number of likely N-dealkylation sites (tertiary alicyclic amines) is 1. The average molecular weight is 187 g/mol. The van der Waals surface area contributed by atoms with Crippen LogP contribution in [0.2, 0.25) is 0 Å². The van der Waals surface area contributed by atoms with E-state index < -0.39 is 6.09 Å². The quantitative estimate of drug-likeness (QED) is 0.594. The lowest BCUT2D eigenvalue weighted by atomic mass is 9.98. The summed E-state index contributed by atoms with van der Waals surface area (Å²) in [6, 6.07) is 0. The molecular weight excluding hydrogens is 170 g/mol. The van der Waals surface area contributed by atoms with E-state index in [4.69, 9.17) is 5.90 Å². The predicted molar refractivity (Wildman–Crippen MR) is 48.9 cm³/mol. The molecule has 5 heteroatoms. The Morgan fingerprint density at radius 2 is 2.54 bits per heavy atom. The highest BCUT2D eigenvalue weighted by atomic mass is 16.7. The van der Waals surface area contributed by atoms with Crippen LogP contribution in [0, 0.1) is 5.92 Å². The Bertz CT molecular complexity index is 173. The minimum atomic E-state index is -0.416. The third kappa shape index (κ3) is 2.86. The molecule has 0 saturated carbocycles. The smallest absolute Gasteiger partial charge is 0.357 e. The van der Waals surface area contributed by atoms with Crippen molar-refractivity contribution in [3.63, 3.8) is 0 Å². The summed E-state index contributed by atoms with van der Waals surface area (Å²) in [4.78, 5) is 16.9. The number of carbonyl (C=O) groups is 1. The van der Waals surface area contributed by atoms with Crippen LogP contribution in [0.15, 0.2) is 0 Å². The van der Waals surface area contributed by atoms with E-state index in [-0.39, 0.29) is 0 Å². The first-order chi connectivity index (χ1) is 6.27. The second-order valence-electron chi connectivity index (χ2n) is 3.40. The summed E-state index contributed by atoms with van der Waals surface area (Å²) < 4.78 is 0. The molecule has 1 fully saturated rings. The number of carbonyl (C=O) groups excluding carboxylic acids is 1. The Morgan fingerprint density at radius 3 is 3.15 bits per heavy atom. The van der Waals surface area contributed by atoms with Gasteiger partial charge in [0.1, 0.15) is 0 Å². The van der Waals surface area contributed by atoms with Gasteiger partial charge in [0.25, 0.3) is 0 Å². The molecule has 0 aromatic carbocycles. The molecule has 0 spiro atoms. The second kappa shape index (κ2) is 5.04. The van der Waals surface area contributed by atoms with Crippen molar-refractivity contribution in [1.29, 1.82) is 0 Å². The lowest BCUT2D eigenvalue weighted by Gasteiger charge is -2.31. The Hall–Kier alpha value is -0.810. The zero-order valence-corrected chi connectivity index (χ0v) is 7.95. The molecule has 1 aliphatic rings. The number of nitrogens with zero attached hydrogens (tertiary/aromatic N) is 1. The fourth-order valence-corrected chi connectivity index (χ4v) is 1.76. The van der Waals surface area contributed by atoms with Gasteiger partial charge >= 0.3 is 6.09 Å². The standard InChI is InChI=1S/C8H17N3O2/c1-10-5-7-3-2-4-11(6-7)8(12)13-9/h7,10H,2-6,9H2,1H3. The molecule has 1 heterocycles. The summed E-state index contributed by atoms with van der Waals surface area (Å²) in [5.74, 6) is 5.34. The van der Waals surface area contributed by atoms with Gasteiger partial charge in [-0.3, -0.25) is 0 Å². The van der Waals surface area contributed by atoms with Crippen molar-refractivity contribution < 1.29 is 9.63 Å². The van der Waals surface area contributed by atoms with Gasteiger partial charge in [-0.05, 0) is 32.4 Å². The summed E-state index contributed by atoms with van der Waals surface area (Å²) in [6.45, 7) is 2.45.